The second kappa shape index (κ2) is 7.73. The first-order valence-electron chi connectivity index (χ1n) is 7.27. The minimum absolute atomic E-state index is 0.0816. The molecule has 0 heterocycles. The normalized spacial score (nSPS) is 10.8. The summed E-state index contributed by atoms with van der Waals surface area (Å²) in [7, 11) is -3.59. The molecule has 0 fully saturated rings. The average molecular weight is 343 g/mol. The van der Waals surface area contributed by atoms with Gasteiger partial charge in [-0.1, -0.05) is 17.7 Å². The topological polar surface area (TPSA) is 99.1 Å². The number of carbonyl (C=O) groups is 1. The van der Waals surface area contributed by atoms with Crippen LogP contribution in [0.15, 0.2) is 53.4 Å². The van der Waals surface area contributed by atoms with E-state index in [9.17, 15) is 13.2 Å². The molecule has 0 aliphatic rings. The molecule has 2 rings (SSSR count). The van der Waals surface area contributed by atoms with E-state index < -0.39 is 10.0 Å². The summed E-state index contributed by atoms with van der Waals surface area (Å²) in [6.45, 7) is 2.12. The van der Waals surface area contributed by atoms with Crippen LogP contribution < -0.4 is 10.0 Å². The number of hydrogen-bond donors (Lipinski definition) is 2. The molecule has 2 aromatic rings. The second-order valence-electron chi connectivity index (χ2n) is 5.16. The lowest BCUT2D eigenvalue weighted by molar-refractivity contribution is 0.0954. The second-order valence-corrected chi connectivity index (χ2v) is 6.92. The van der Waals surface area contributed by atoms with Gasteiger partial charge >= 0.3 is 0 Å². The van der Waals surface area contributed by atoms with Gasteiger partial charge in [0.2, 0.25) is 10.0 Å². The van der Waals surface area contributed by atoms with Crippen molar-refractivity contribution in [3.63, 3.8) is 0 Å². The Bertz CT molecular complexity index is 851. The van der Waals surface area contributed by atoms with Crippen molar-refractivity contribution < 1.29 is 13.2 Å². The summed E-state index contributed by atoms with van der Waals surface area (Å²) in [6.07, 6.45) is 0. The molecule has 0 radical (unpaired) electrons. The highest BCUT2D eigenvalue weighted by Crippen LogP contribution is 2.09. The molecule has 7 heteroatoms. The molecule has 124 valence electrons. The predicted octanol–water partition coefficient (Wildman–Crippen LogP) is 1.57. The lowest BCUT2D eigenvalue weighted by atomic mass is 10.1. The van der Waals surface area contributed by atoms with Crippen molar-refractivity contribution >= 4 is 15.9 Å². The Morgan fingerprint density at radius 3 is 2.25 bits per heavy atom. The molecule has 2 aromatic carbocycles. The molecule has 24 heavy (non-hydrogen) atoms. The number of rotatable bonds is 6. The van der Waals surface area contributed by atoms with Gasteiger partial charge < -0.3 is 5.32 Å². The lowest BCUT2D eigenvalue weighted by Crippen LogP contribution is -2.34. The highest BCUT2D eigenvalue weighted by molar-refractivity contribution is 7.89. The minimum atomic E-state index is -3.59. The number of nitrogens with zero attached hydrogens (tertiary/aromatic N) is 1. The third-order valence-electron chi connectivity index (χ3n) is 3.31. The summed E-state index contributed by atoms with van der Waals surface area (Å²) >= 11 is 0. The molecule has 0 saturated heterocycles. The van der Waals surface area contributed by atoms with Crippen LogP contribution in [0.4, 0.5) is 0 Å². The molecule has 0 aliphatic carbocycles. The van der Waals surface area contributed by atoms with E-state index in [0.717, 1.165) is 5.56 Å². The van der Waals surface area contributed by atoms with Crippen molar-refractivity contribution in [1.29, 1.82) is 5.26 Å². The SMILES string of the molecule is Cc1ccc(S(=O)(=O)NCCNC(=O)c2ccc(C#N)cc2)cc1. The van der Waals surface area contributed by atoms with Crippen LogP contribution in [0.5, 0.6) is 0 Å². The van der Waals surface area contributed by atoms with Gasteiger partial charge in [0.15, 0.2) is 0 Å². The standard InChI is InChI=1S/C17H17N3O3S/c1-13-2-8-16(9-3-13)24(22,23)20-11-10-19-17(21)15-6-4-14(12-18)5-7-15/h2-9,20H,10-11H2,1H3,(H,19,21). The number of carbonyl (C=O) groups excluding carboxylic acids is 1. The molecule has 0 aromatic heterocycles. The number of benzene rings is 2. The van der Waals surface area contributed by atoms with Crippen LogP contribution in [0.3, 0.4) is 0 Å². The van der Waals surface area contributed by atoms with Gasteiger partial charge in [0.1, 0.15) is 0 Å². The van der Waals surface area contributed by atoms with Gasteiger partial charge in [0.25, 0.3) is 5.91 Å². The van der Waals surface area contributed by atoms with Crippen LogP contribution in [0.25, 0.3) is 0 Å². The number of nitriles is 1. The van der Waals surface area contributed by atoms with Gasteiger partial charge in [-0.3, -0.25) is 4.79 Å². The highest BCUT2D eigenvalue weighted by atomic mass is 32.2. The number of amides is 1. The smallest absolute Gasteiger partial charge is 0.251 e. The molecule has 0 unspecified atom stereocenters. The fraction of sp³-hybridized carbons (Fsp3) is 0.176. The number of sulfonamides is 1. The summed E-state index contributed by atoms with van der Waals surface area (Å²) in [5.41, 5.74) is 1.86. The maximum Gasteiger partial charge on any atom is 0.251 e. The fourth-order valence-electron chi connectivity index (χ4n) is 1.96. The number of aryl methyl sites for hydroxylation is 1. The zero-order valence-corrected chi connectivity index (χ0v) is 13.9. The summed E-state index contributed by atoms with van der Waals surface area (Å²) < 4.78 is 26.6. The van der Waals surface area contributed by atoms with Gasteiger partial charge in [-0.2, -0.15) is 5.26 Å². The Morgan fingerprint density at radius 1 is 1.04 bits per heavy atom. The first-order valence-corrected chi connectivity index (χ1v) is 8.75. The largest absolute Gasteiger partial charge is 0.351 e. The van der Waals surface area contributed by atoms with E-state index >= 15 is 0 Å². The quantitative estimate of drug-likeness (QED) is 0.778. The molecule has 0 atom stereocenters. The first kappa shape index (κ1) is 17.7. The van der Waals surface area contributed by atoms with Crippen molar-refractivity contribution in [1.82, 2.24) is 10.0 Å². The van der Waals surface area contributed by atoms with Crippen LogP contribution in [-0.4, -0.2) is 27.4 Å². The van der Waals surface area contributed by atoms with Crippen LogP contribution in [0.2, 0.25) is 0 Å². The summed E-state index contributed by atoms with van der Waals surface area (Å²) in [5.74, 6) is -0.325. The third-order valence-corrected chi connectivity index (χ3v) is 4.79. The van der Waals surface area contributed by atoms with Crippen LogP contribution in [0.1, 0.15) is 21.5 Å². The van der Waals surface area contributed by atoms with Crippen molar-refractivity contribution in [2.24, 2.45) is 0 Å². The third kappa shape index (κ3) is 4.65. The highest BCUT2D eigenvalue weighted by Gasteiger charge is 2.13. The summed E-state index contributed by atoms with van der Waals surface area (Å²) in [4.78, 5) is 12.1. The van der Waals surface area contributed by atoms with Crippen molar-refractivity contribution in [2.75, 3.05) is 13.1 Å². The Labute approximate surface area is 141 Å². The van der Waals surface area contributed by atoms with Crippen molar-refractivity contribution in [3.05, 3.63) is 65.2 Å². The van der Waals surface area contributed by atoms with Gasteiger partial charge in [-0.25, -0.2) is 13.1 Å². The minimum Gasteiger partial charge on any atom is -0.351 e. The molecule has 0 saturated carbocycles. The summed E-state index contributed by atoms with van der Waals surface area (Å²) in [5, 5.41) is 11.3. The van der Waals surface area contributed by atoms with Crippen molar-refractivity contribution in [3.8, 4) is 6.07 Å². The van der Waals surface area contributed by atoms with E-state index in [1.807, 2.05) is 13.0 Å². The molecule has 1 amide bonds. The Hall–Kier alpha value is -2.69. The number of nitrogens with one attached hydrogen (secondary N) is 2. The maximum atomic E-state index is 12.1. The van der Waals surface area contributed by atoms with E-state index in [0.29, 0.717) is 11.1 Å². The van der Waals surface area contributed by atoms with Crippen LogP contribution in [0, 0.1) is 18.3 Å². The van der Waals surface area contributed by atoms with Crippen LogP contribution in [-0.2, 0) is 10.0 Å². The van der Waals surface area contributed by atoms with Gasteiger partial charge in [0, 0.05) is 18.7 Å². The van der Waals surface area contributed by atoms with E-state index in [2.05, 4.69) is 10.0 Å². The Balaban J connectivity index is 1.84. The molecular weight excluding hydrogens is 326 g/mol. The van der Waals surface area contributed by atoms with Gasteiger partial charge in [-0.05, 0) is 43.3 Å². The van der Waals surface area contributed by atoms with E-state index in [1.165, 1.54) is 12.1 Å². The monoisotopic (exact) mass is 343 g/mol. The molecule has 0 aliphatic heterocycles. The molecular formula is C17H17N3O3S. The molecule has 0 bridgehead atoms. The van der Waals surface area contributed by atoms with Gasteiger partial charge in [-0.15, -0.1) is 0 Å². The zero-order chi connectivity index (χ0) is 17.6. The Kier molecular flexibility index (Phi) is 5.68. The fourth-order valence-corrected chi connectivity index (χ4v) is 2.99. The van der Waals surface area contributed by atoms with Crippen molar-refractivity contribution in [2.45, 2.75) is 11.8 Å². The van der Waals surface area contributed by atoms with E-state index in [1.54, 1.807) is 36.4 Å². The molecule has 2 N–H and O–H groups in total. The lowest BCUT2D eigenvalue weighted by Gasteiger charge is -2.08. The van der Waals surface area contributed by atoms with E-state index in [4.69, 9.17) is 5.26 Å². The number of hydrogen-bond acceptors (Lipinski definition) is 4. The summed E-state index contributed by atoms with van der Waals surface area (Å²) in [6, 6.07) is 14.7. The average Bonchev–Trinajstić information content (AvgIpc) is 2.59. The Morgan fingerprint density at radius 2 is 1.67 bits per heavy atom. The first-order chi connectivity index (χ1) is 11.4. The molecule has 6 nitrogen and oxygen atoms in total. The van der Waals surface area contributed by atoms with Crippen LogP contribution >= 0.6 is 0 Å². The maximum absolute atomic E-state index is 12.1. The van der Waals surface area contributed by atoms with Gasteiger partial charge in [0.05, 0.1) is 16.5 Å². The zero-order valence-electron chi connectivity index (χ0n) is 13.1. The van der Waals surface area contributed by atoms with E-state index in [-0.39, 0.29) is 23.9 Å². The molecule has 0 spiro atoms. The predicted molar refractivity (Wildman–Crippen MR) is 89.9 cm³/mol.